The standard InChI is InChI=1S/C15H19Cl2NO2/c1-5-10(9-18-14(19)20-15(2,3)4)11-6-7-12(16)13(17)8-11/h5-8,10H,1,9H2,2-4H3,(H,18,19). The first kappa shape index (κ1) is 16.9. The number of carbonyl (C=O) groups is 1. The summed E-state index contributed by atoms with van der Waals surface area (Å²) in [5.41, 5.74) is 0.419. The zero-order valence-electron chi connectivity index (χ0n) is 11.9. The first-order valence-electron chi connectivity index (χ1n) is 6.27. The van der Waals surface area contributed by atoms with Crippen LogP contribution in [0, 0.1) is 0 Å². The quantitative estimate of drug-likeness (QED) is 0.811. The molecule has 0 spiro atoms. The van der Waals surface area contributed by atoms with Crippen molar-refractivity contribution in [2.75, 3.05) is 6.54 Å². The van der Waals surface area contributed by atoms with E-state index in [9.17, 15) is 4.79 Å². The number of carbonyl (C=O) groups excluding carboxylic acids is 1. The number of nitrogens with one attached hydrogen (secondary N) is 1. The Bertz CT molecular complexity index is 495. The highest BCUT2D eigenvalue weighted by Crippen LogP contribution is 2.26. The molecule has 0 aliphatic carbocycles. The Kier molecular flexibility index (Phi) is 5.90. The highest BCUT2D eigenvalue weighted by molar-refractivity contribution is 6.42. The van der Waals surface area contributed by atoms with Gasteiger partial charge in [0.1, 0.15) is 5.60 Å². The van der Waals surface area contributed by atoms with E-state index < -0.39 is 11.7 Å². The molecule has 1 aromatic carbocycles. The molecule has 3 nitrogen and oxygen atoms in total. The van der Waals surface area contributed by atoms with E-state index >= 15 is 0 Å². The summed E-state index contributed by atoms with van der Waals surface area (Å²) in [5, 5.41) is 3.69. The van der Waals surface area contributed by atoms with Crippen LogP contribution in [0.1, 0.15) is 32.3 Å². The van der Waals surface area contributed by atoms with Crippen molar-refractivity contribution < 1.29 is 9.53 Å². The third-order valence-corrected chi connectivity index (χ3v) is 3.26. The van der Waals surface area contributed by atoms with E-state index in [-0.39, 0.29) is 5.92 Å². The van der Waals surface area contributed by atoms with Gasteiger partial charge >= 0.3 is 6.09 Å². The second-order valence-corrected chi connectivity index (χ2v) is 6.21. The van der Waals surface area contributed by atoms with Crippen molar-refractivity contribution in [3.05, 3.63) is 46.5 Å². The van der Waals surface area contributed by atoms with Crippen LogP contribution < -0.4 is 5.32 Å². The molecule has 1 rings (SSSR count). The van der Waals surface area contributed by atoms with Crippen LogP contribution in [0.5, 0.6) is 0 Å². The number of halogens is 2. The molecule has 0 aliphatic rings. The van der Waals surface area contributed by atoms with Crippen LogP contribution in [0.25, 0.3) is 0 Å². The Morgan fingerprint density at radius 1 is 1.40 bits per heavy atom. The van der Waals surface area contributed by atoms with Gasteiger partial charge in [0.05, 0.1) is 10.0 Å². The van der Waals surface area contributed by atoms with Crippen LogP contribution in [0.15, 0.2) is 30.9 Å². The number of alkyl carbamates (subject to hydrolysis) is 1. The van der Waals surface area contributed by atoms with Crippen molar-refractivity contribution in [2.45, 2.75) is 32.3 Å². The summed E-state index contributed by atoms with van der Waals surface area (Å²) >= 11 is 11.9. The second-order valence-electron chi connectivity index (χ2n) is 5.40. The molecule has 1 unspecified atom stereocenters. The average Bonchev–Trinajstić information content (AvgIpc) is 2.32. The summed E-state index contributed by atoms with van der Waals surface area (Å²) in [6.45, 7) is 9.61. The highest BCUT2D eigenvalue weighted by atomic mass is 35.5. The largest absolute Gasteiger partial charge is 0.444 e. The molecule has 0 saturated carbocycles. The molecule has 0 aliphatic heterocycles. The van der Waals surface area contributed by atoms with Crippen molar-refractivity contribution in [2.24, 2.45) is 0 Å². The number of rotatable bonds is 4. The molecule has 0 fully saturated rings. The van der Waals surface area contributed by atoms with Gasteiger partial charge in [-0.05, 0) is 38.5 Å². The van der Waals surface area contributed by atoms with E-state index in [2.05, 4.69) is 11.9 Å². The number of hydrogen-bond donors (Lipinski definition) is 1. The van der Waals surface area contributed by atoms with Crippen molar-refractivity contribution in [3.63, 3.8) is 0 Å². The molecule has 0 heterocycles. The molecule has 1 atom stereocenters. The predicted octanol–water partition coefficient (Wildman–Crippen LogP) is 4.79. The molecule has 0 saturated heterocycles. The predicted molar refractivity (Wildman–Crippen MR) is 83.6 cm³/mol. The topological polar surface area (TPSA) is 38.3 Å². The van der Waals surface area contributed by atoms with Gasteiger partial charge < -0.3 is 10.1 Å². The van der Waals surface area contributed by atoms with E-state index in [1.165, 1.54) is 0 Å². The van der Waals surface area contributed by atoms with Crippen LogP contribution >= 0.6 is 23.2 Å². The summed E-state index contributed by atoms with van der Waals surface area (Å²) in [5.74, 6) is -0.0581. The number of amides is 1. The van der Waals surface area contributed by atoms with Crippen molar-refractivity contribution in [1.29, 1.82) is 0 Å². The summed E-state index contributed by atoms with van der Waals surface area (Å²) in [4.78, 5) is 11.6. The Hall–Kier alpha value is -1.19. The molecule has 20 heavy (non-hydrogen) atoms. The zero-order chi connectivity index (χ0) is 15.3. The van der Waals surface area contributed by atoms with E-state index in [1.54, 1.807) is 18.2 Å². The molecule has 1 N–H and O–H groups in total. The van der Waals surface area contributed by atoms with Gasteiger partial charge in [0.25, 0.3) is 0 Å². The normalized spacial score (nSPS) is 12.7. The number of hydrogen-bond acceptors (Lipinski definition) is 2. The van der Waals surface area contributed by atoms with Gasteiger partial charge in [0, 0.05) is 12.5 Å². The molecular weight excluding hydrogens is 297 g/mol. The van der Waals surface area contributed by atoms with Gasteiger partial charge in [-0.3, -0.25) is 0 Å². The lowest BCUT2D eigenvalue weighted by atomic mass is 9.99. The summed E-state index contributed by atoms with van der Waals surface area (Å²) in [6, 6.07) is 5.35. The van der Waals surface area contributed by atoms with Crippen LogP contribution in [0.4, 0.5) is 4.79 Å². The SMILES string of the molecule is C=CC(CNC(=O)OC(C)(C)C)c1ccc(Cl)c(Cl)c1. The molecular formula is C15H19Cl2NO2. The Morgan fingerprint density at radius 3 is 2.55 bits per heavy atom. The maximum absolute atomic E-state index is 11.6. The van der Waals surface area contributed by atoms with Crippen molar-refractivity contribution in [3.8, 4) is 0 Å². The molecule has 110 valence electrons. The lowest BCUT2D eigenvalue weighted by Gasteiger charge is -2.21. The fraction of sp³-hybridized carbons (Fsp3) is 0.400. The molecule has 0 aromatic heterocycles. The van der Waals surface area contributed by atoms with E-state index in [4.69, 9.17) is 27.9 Å². The van der Waals surface area contributed by atoms with Gasteiger partial charge in [-0.1, -0.05) is 35.3 Å². The second kappa shape index (κ2) is 7.00. The van der Waals surface area contributed by atoms with Gasteiger partial charge in [-0.2, -0.15) is 0 Å². The van der Waals surface area contributed by atoms with Gasteiger partial charge in [-0.25, -0.2) is 4.79 Å². The Labute approximate surface area is 129 Å². The van der Waals surface area contributed by atoms with Crippen molar-refractivity contribution >= 4 is 29.3 Å². The van der Waals surface area contributed by atoms with E-state index in [1.807, 2.05) is 26.8 Å². The zero-order valence-corrected chi connectivity index (χ0v) is 13.4. The maximum Gasteiger partial charge on any atom is 0.407 e. The van der Waals surface area contributed by atoms with Gasteiger partial charge in [0.15, 0.2) is 0 Å². The minimum atomic E-state index is -0.517. The third kappa shape index (κ3) is 5.43. The molecule has 0 radical (unpaired) electrons. The first-order chi connectivity index (χ1) is 9.23. The fourth-order valence-electron chi connectivity index (χ4n) is 1.59. The minimum Gasteiger partial charge on any atom is -0.444 e. The molecule has 5 heteroatoms. The third-order valence-electron chi connectivity index (χ3n) is 2.52. The minimum absolute atomic E-state index is 0.0581. The summed E-state index contributed by atoms with van der Waals surface area (Å²) in [6.07, 6.45) is 1.29. The van der Waals surface area contributed by atoms with Crippen LogP contribution in [0.3, 0.4) is 0 Å². The Morgan fingerprint density at radius 2 is 2.05 bits per heavy atom. The number of ether oxygens (including phenoxy) is 1. The first-order valence-corrected chi connectivity index (χ1v) is 7.03. The monoisotopic (exact) mass is 315 g/mol. The van der Waals surface area contributed by atoms with Crippen molar-refractivity contribution in [1.82, 2.24) is 5.32 Å². The lowest BCUT2D eigenvalue weighted by Crippen LogP contribution is -2.34. The molecule has 1 aromatic rings. The molecule has 0 bridgehead atoms. The van der Waals surface area contributed by atoms with Gasteiger partial charge in [-0.15, -0.1) is 6.58 Å². The van der Waals surface area contributed by atoms with E-state index in [0.29, 0.717) is 16.6 Å². The summed E-state index contributed by atoms with van der Waals surface area (Å²) in [7, 11) is 0. The number of benzene rings is 1. The average molecular weight is 316 g/mol. The van der Waals surface area contributed by atoms with Crippen LogP contribution in [-0.2, 0) is 4.74 Å². The van der Waals surface area contributed by atoms with Crippen LogP contribution in [-0.4, -0.2) is 18.2 Å². The highest BCUT2D eigenvalue weighted by Gasteiger charge is 2.17. The fourth-order valence-corrected chi connectivity index (χ4v) is 1.89. The molecule has 1 amide bonds. The smallest absolute Gasteiger partial charge is 0.407 e. The maximum atomic E-state index is 11.6. The van der Waals surface area contributed by atoms with Gasteiger partial charge in [0.2, 0.25) is 0 Å². The summed E-state index contributed by atoms with van der Waals surface area (Å²) < 4.78 is 5.18. The lowest BCUT2D eigenvalue weighted by molar-refractivity contribution is 0.0526. The van der Waals surface area contributed by atoms with E-state index in [0.717, 1.165) is 5.56 Å². The van der Waals surface area contributed by atoms with Crippen LogP contribution in [0.2, 0.25) is 10.0 Å². The Balaban J connectivity index is 2.66.